The first-order chi connectivity index (χ1) is 12.8. The molecule has 1 aromatic heterocycles. The van der Waals surface area contributed by atoms with Gasteiger partial charge in [0.05, 0.1) is 6.54 Å². The molecule has 0 amide bonds. The average molecular weight is 359 g/mol. The van der Waals surface area contributed by atoms with Crippen molar-refractivity contribution in [2.45, 2.75) is 89.8 Å². The molecule has 3 atom stereocenters. The molecule has 3 unspecified atom stereocenters. The van der Waals surface area contributed by atoms with Gasteiger partial charge in [0.2, 0.25) is 0 Å². The molecular weight excluding hydrogens is 324 g/mol. The van der Waals surface area contributed by atoms with E-state index in [2.05, 4.69) is 32.3 Å². The van der Waals surface area contributed by atoms with Crippen LogP contribution in [0.1, 0.15) is 70.5 Å². The largest absolute Gasteiger partial charge is 0.354 e. The van der Waals surface area contributed by atoms with Crippen molar-refractivity contribution in [1.29, 1.82) is 0 Å². The summed E-state index contributed by atoms with van der Waals surface area (Å²) in [7, 11) is 0. The molecule has 1 aromatic rings. The van der Waals surface area contributed by atoms with Crippen LogP contribution in [-0.4, -0.2) is 39.4 Å². The van der Waals surface area contributed by atoms with Gasteiger partial charge in [-0.25, -0.2) is 0 Å². The van der Waals surface area contributed by atoms with Crippen LogP contribution < -0.4 is 10.6 Å². The van der Waals surface area contributed by atoms with Crippen molar-refractivity contribution in [2.24, 2.45) is 16.8 Å². The SMILES string of the molecule is CCc1nncn1CCN=C(NC1CCCCC1)NC1CC2CCC1C2. The lowest BCUT2D eigenvalue weighted by Gasteiger charge is -2.29. The fourth-order valence-electron chi connectivity index (χ4n) is 5.18. The number of fused-ring (bicyclic) bond motifs is 2. The smallest absolute Gasteiger partial charge is 0.191 e. The van der Waals surface area contributed by atoms with Gasteiger partial charge in [-0.1, -0.05) is 32.6 Å². The average Bonchev–Trinajstić information content (AvgIpc) is 3.39. The highest BCUT2D eigenvalue weighted by atomic mass is 15.3. The lowest BCUT2D eigenvalue weighted by molar-refractivity contribution is 0.374. The van der Waals surface area contributed by atoms with E-state index in [9.17, 15) is 0 Å². The third-order valence-electron chi connectivity index (χ3n) is 6.63. The zero-order valence-corrected chi connectivity index (χ0v) is 16.2. The van der Waals surface area contributed by atoms with Crippen LogP contribution in [0.5, 0.6) is 0 Å². The van der Waals surface area contributed by atoms with E-state index < -0.39 is 0 Å². The van der Waals surface area contributed by atoms with Gasteiger partial charge in [0.25, 0.3) is 0 Å². The molecule has 0 aromatic carbocycles. The molecule has 0 saturated heterocycles. The molecule has 2 bridgehead atoms. The Kier molecular flexibility index (Phi) is 5.75. The molecule has 3 saturated carbocycles. The molecule has 144 valence electrons. The lowest BCUT2D eigenvalue weighted by atomic mass is 9.95. The van der Waals surface area contributed by atoms with Gasteiger partial charge in [-0.15, -0.1) is 10.2 Å². The summed E-state index contributed by atoms with van der Waals surface area (Å²) in [6.07, 6.45) is 15.0. The van der Waals surface area contributed by atoms with Crippen LogP contribution in [0.25, 0.3) is 0 Å². The summed E-state index contributed by atoms with van der Waals surface area (Å²) in [6.45, 7) is 3.74. The number of rotatable bonds is 6. The molecule has 1 heterocycles. The van der Waals surface area contributed by atoms with E-state index in [1.54, 1.807) is 0 Å². The number of aromatic nitrogens is 3. The van der Waals surface area contributed by atoms with Gasteiger partial charge in [0.15, 0.2) is 5.96 Å². The monoisotopic (exact) mass is 358 g/mol. The lowest BCUT2D eigenvalue weighted by Crippen LogP contribution is -2.49. The van der Waals surface area contributed by atoms with E-state index in [0.717, 1.165) is 43.1 Å². The van der Waals surface area contributed by atoms with Crippen molar-refractivity contribution < 1.29 is 0 Å². The molecule has 0 radical (unpaired) electrons. The topological polar surface area (TPSA) is 67.1 Å². The summed E-state index contributed by atoms with van der Waals surface area (Å²) < 4.78 is 2.12. The third kappa shape index (κ3) is 4.21. The Balaban J connectivity index is 1.37. The molecule has 6 heteroatoms. The number of aryl methyl sites for hydroxylation is 1. The Morgan fingerprint density at radius 1 is 1.15 bits per heavy atom. The first kappa shape index (κ1) is 17.8. The zero-order chi connectivity index (χ0) is 17.8. The summed E-state index contributed by atoms with van der Waals surface area (Å²) in [4.78, 5) is 4.93. The Bertz CT molecular complexity index is 603. The van der Waals surface area contributed by atoms with Crippen molar-refractivity contribution in [3.05, 3.63) is 12.2 Å². The van der Waals surface area contributed by atoms with Crippen molar-refractivity contribution in [2.75, 3.05) is 6.54 Å². The standard InChI is InChI=1S/C20H34N6/c1-2-19-25-22-14-26(19)11-10-21-20(23-17-6-4-3-5-7-17)24-18-13-15-8-9-16(18)12-15/h14-18H,2-13H2,1H3,(H2,21,23,24). The minimum atomic E-state index is 0.592. The molecule has 3 aliphatic carbocycles. The Hall–Kier alpha value is -1.59. The van der Waals surface area contributed by atoms with Crippen LogP contribution in [0.2, 0.25) is 0 Å². The van der Waals surface area contributed by atoms with Gasteiger partial charge < -0.3 is 15.2 Å². The second-order valence-corrected chi connectivity index (χ2v) is 8.43. The fraction of sp³-hybridized carbons (Fsp3) is 0.850. The van der Waals surface area contributed by atoms with Gasteiger partial charge in [0, 0.05) is 25.0 Å². The highest BCUT2D eigenvalue weighted by Gasteiger charge is 2.39. The van der Waals surface area contributed by atoms with Gasteiger partial charge >= 0.3 is 0 Å². The molecule has 3 fully saturated rings. The van der Waals surface area contributed by atoms with Crippen LogP contribution in [0, 0.1) is 11.8 Å². The van der Waals surface area contributed by atoms with Gasteiger partial charge in [-0.05, 0) is 43.9 Å². The van der Waals surface area contributed by atoms with Gasteiger partial charge in [-0.3, -0.25) is 4.99 Å². The summed E-state index contributed by atoms with van der Waals surface area (Å²) >= 11 is 0. The minimum Gasteiger partial charge on any atom is -0.354 e. The van der Waals surface area contributed by atoms with Gasteiger partial charge in [-0.2, -0.15) is 0 Å². The van der Waals surface area contributed by atoms with Gasteiger partial charge in [0.1, 0.15) is 12.2 Å². The van der Waals surface area contributed by atoms with Crippen LogP contribution in [0.4, 0.5) is 0 Å². The molecular formula is C20H34N6. The maximum atomic E-state index is 4.93. The van der Waals surface area contributed by atoms with Crippen LogP contribution >= 0.6 is 0 Å². The Morgan fingerprint density at radius 3 is 2.77 bits per heavy atom. The summed E-state index contributed by atoms with van der Waals surface area (Å²) in [5.74, 6) is 3.91. The van der Waals surface area contributed by atoms with Crippen molar-refractivity contribution >= 4 is 5.96 Å². The number of hydrogen-bond donors (Lipinski definition) is 2. The number of nitrogens with zero attached hydrogens (tertiary/aromatic N) is 4. The second kappa shape index (κ2) is 8.40. The second-order valence-electron chi connectivity index (χ2n) is 8.43. The van der Waals surface area contributed by atoms with Crippen molar-refractivity contribution in [1.82, 2.24) is 25.4 Å². The first-order valence-electron chi connectivity index (χ1n) is 10.8. The minimum absolute atomic E-state index is 0.592. The normalized spacial score (nSPS) is 29.3. The molecule has 0 spiro atoms. The molecule has 3 aliphatic rings. The number of nitrogens with one attached hydrogen (secondary N) is 2. The van der Waals surface area contributed by atoms with E-state index in [1.165, 1.54) is 57.8 Å². The third-order valence-corrected chi connectivity index (χ3v) is 6.63. The van der Waals surface area contributed by atoms with Crippen LogP contribution in [0.15, 0.2) is 11.3 Å². The predicted molar refractivity (Wildman–Crippen MR) is 104 cm³/mol. The highest BCUT2D eigenvalue weighted by molar-refractivity contribution is 5.80. The zero-order valence-electron chi connectivity index (χ0n) is 16.2. The molecule has 0 aliphatic heterocycles. The van der Waals surface area contributed by atoms with Crippen molar-refractivity contribution in [3.63, 3.8) is 0 Å². The first-order valence-corrected chi connectivity index (χ1v) is 10.8. The van der Waals surface area contributed by atoms with E-state index in [1.807, 2.05) is 6.33 Å². The maximum Gasteiger partial charge on any atom is 0.191 e. The number of guanidine groups is 1. The Labute approximate surface area is 157 Å². The maximum absolute atomic E-state index is 4.93. The Morgan fingerprint density at radius 2 is 2.04 bits per heavy atom. The van der Waals surface area contributed by atoms with Crippen LogP contribution in [-0.2, 0) is 13.0 Å². The summed E-state index contributed by atoms with van der Waals surface area (Å²) in [5.41, 5.74) is 0. The fourth-order valence-corrected chi connectivity index (χ4v) is 5.18. The molecule has 4 rings (SSSR count). The quantitative estimate of drug-likeness (QED) is 0.606. The van der Waals surface area contributed by atoms with E-state index in [0.29, 0.717) is 12.1 Å². The summed E-state index contributed by atoms with van der Waals surface area (Å²) in [5, 5.41) is 15.7. The number of aliphatic imine (C=N–C) groups is 1. The van der Waals surface area contributed by atoms with E-state index >= 15 is 0 Å². The van der Waals surface area contributed by atoms with Crippen LogP contribution in [0.3, 0.4) is 0 Å². The predicted octanol–water partition coefficient (Wildman–Crippen LogP) is 2.90. The number of hydrogen-bond acceptors (Lipinski definition) is 3. The van der Waals surface area contributed by atoms with E-state index in [-0.39, 0.29) is 0 Å². The van der Waals surface area contributed by atoms with E-state index in [4.69, 9.17) is 4.99 Å². The molecule has 2 N–H and O–H groups in total. The highest BCUT2D eigenvalue weighted by Crippen LogP contribution is 2.44. The molecule has 26 heavy (non-hydrogen) atoms. The summed E-state index contributed by atoms with van der Waals surface area (Å²) in [6, 6.07) is 1.22. The molecule has 6 nitrogen and oxygen atoms in total. The van der Waals surface area contributed by atoms with Crippen molar-refractivity contribution in [3.8, 4) is 0 Å².